The zero-order chi connectivity index (χ0) is 48.4. The molecule has 360 valence electrons. The van der Waals surface area contributed by atoms with Crippen LogP contribution in [0, 0.1) is 29.6 Å². The van der Waals surface area contributed by atoms with Crippen LogP contribution in [0.25, 0.3) is 0 Å². The molecule has 15 nitrogen and oxygen atoms in total. The number of likely N-dealkylation sites (N-methyl/N-ethyl adjacent to an activating group) is 2. The summed E-state index contributed by atoms with van der Waals surface area (Å²) in [7, 11) is 4.77. The first-order valence-corrected chi connectivity index (χ1v) is 24.1. The molecule has 1 heterocycles. The molecule has 0 radical (unpaired) electrons. The molecule has 1 fully saturated rings. The number of carbonyl (C=O) groups is 8. The Morgan fingerprint density at radius 2 is 1.50 bits per heavy atom. The van der Waals surface area contributed by atoms with Crippen LogP contribution in [0.3, 0.4) is 0 Å². The predicted molar refractivity (Wildman–Crippen MR) is 250 cm³/mol. The van der Waals surface area contributed by atoms with Crippen molar-refractivity contribution in [2.75, 3.05) is 45.9 Å². The molecule has 1 aromatic rings. The molecule has 1 unspecified atom stereocenters. The van der Waals surface area contributed by atoms with Crippen molar-refractivity contribution in [2.45, 2.75) is 150 Å². The van der Waals surface area contributed by atoms with Gasteiger partial charge in [-0.25, -0.2) is 4.79 Å². The van der Waals surface area contributed by atoms with Crippen LogP contribution >= 0.6 is 11.8 Å². The number of rotatable bonds is 29. The maximum absolute atomic E-state index is 14.1. The number of nitrogens with one attached hydrogen (secondary N) is 2. The van der Waals surface area contributed by atoms with E-state index in [0.29, 0.717) is 37.1 Å². The molecule has 1 aliphatic rings. The number of hydrogen-bond donors (Lipinski definition) is 2. The maximum atomic E-state index is 14.1. The number of imide groups is 1. The fraction of sp³-hybridized carbons (Fsp3) is 0.708. The zero-order valence-corrected chi connectivity index (χ0v) is 41.5. The summed E-state index contributed by atoms with van der Waals surface area (Å²) in [5.41, 5.74) is 1.34. The van der Waals surface area contributed by atoms with Crippen molar-refractivity contribution < 1.29 is 47.8 Å². The fourth-order valence-corrected chi connectivity index (χ4v) is 8.94. The van der Waals surface area contributed by atoms with Crippen molar-refractivity contribution in [2.24, 2.45) is 29.6 Å². The topological polar surface area (TPSA) is 189 Å². The van der Waals surface area contributed by atoms with E-state index in [1.54, 1.807) is 43.3 Å². The number of likely N-dealkylation sites (tertiary alicyclic amines) is 1. The Kier molecular flexibility index (Phi) is 23.8. The van der Waals surface area contributed by atoms with E-state index in [1.807, 2.05) is 61.6 Å². The highest BCUT2D eigenvalue weighted by atomic mass is 32.2. The van der Waals surface area contributed by atoms with Crippen molar-refractivity contribution >= 4 is 64.5 Å². The van der Waals surface area contributed by atoms with Crippen LogP contribution in [0.2, 0.25) is 0 Å². The minimum absolute atomic E-state index is 0.0205. The molecule has 1 aliphatic heterocycles. The molecule has 0 aliphatic carbocycles. The minimum Gasteiger partial charge on any atom is -0.445 e. The number of carbonyl (C=O) groups excluding carboxylic acids is 8. The Morgan fingerprint density at radius 1 is 0.859 bits per heavy atom. The molecule has 5 amide bonds. The van der Waals surface area contributed by atoms with E-state index < -0.39 is 30.2 Å². The van der Waals surface area contributed by atoms with Gasteiger partial charge in [-0.2, -0.15) is 11.8 Å². The Bertz CT molecular complexity index is 1740. The molecule has 16 heteroatoms. The predicted octanol–water partition coefficient (Wildman–Crippen LogP) is 6.55. The van der Waals surface area contributed by atoms with Crippen LogP contribution in [0.4, 0.5) is 10.5 Å². The number of amides is 5. The lowest BCUT2D eigenvalue weighted by molar-refractivity contribution is -0.146. The van der Waals surface area contributed by atoms with E-state index in [4.69, 9.17) is 9.47 Å². The van der Waals surface area contributed by atoms with Gasteiger partial charge < -0.3 is 29.9 Å². The number of nitrogens with zero attached hydrogens (tertiary/aromatic N) is 3. The summed E-state index contributed by atoms with van der Waals surface area (Å²) < 4.78 is 11.4. The number of methoxy groups -OCH3 is 1. The zero-order valence-electron chi connectivity index (χ0n) is 40.7. The lowest BCUT2D eigenvalue weighted by Crippen LogP contribution is -2.53. The highest BCUT2D eigenvalue weighted by Gasteiger charge is 2.40. The van der Waals surface area contributed by atoms with Crippen molar-refractivity contribution in [3.63, 3.8) is 0 Å². The SMILES string of the molecule is CC[C@H](C)[C@@H]([C@@H](CC(C)=O)OC)N(C)C(=O)[C@@H](CC(=O)[C@H](C(C)C)N(C)C(=O)OCc1ccc(NCC(=O)[C@@H](NC(=O)CCCCCN2C(=O)CC(SC)C2=O)C(C)C)cc1)C(C)C. The van der Waals surface area contributed by atoms with E-state index in [-0.39, 0.29) is 115 Å². The lowest BCUT2D eigenvalue weighted by Gasteiger charge is -2.40. The molecule has 0 spiro atoms. The van der Waals surface area contributed by atoms with E-state index in [0.717, 1.165) is 6.42 Å². The number of ether oxygens (including phenoxy) is 2. The first-order chi connectivity index (χ1) is 30.1. The normalized spacial score (nSPS) is 16.9. The second-order valence-corrected chi connectivity index (χ2v) is 19.4. The van der Waals surface area contributed by atoms with Gasteiger partial charge in [-0.1, -0.05) is 80.4 Å². The van der Waals surface area contributed by atoms with Gasteiger partial charge in [-0.05, 0) is 67.4 Å². The van der Waals surface area contributed by atoms with Gasteiger partial charge in [0.05, 0.1) is 36.0 Å². The Morgan fingerprint density at radius 3 is 2.02 bits per heavy atom. The number of benzene rings is 1. The summed E-state index contributed by atoms with van der Waals surface area (Å²) in [6, 6.07) is 5.13. The van der Waals surface area contributed by atoms with E-state index in [9.17, 15) is 38.4 Å². The second-order valence-electron chi connectivity index (χ2n) is 18.3. The Balaban J connectivity index is 1.94. The molecule has 2 rings (SSSR count). The number of Topliss-reactive ketones (excluding diaryl/α,β-unsaturated/α-hetero) is 3. The molecular weight excluding hydrogens is 839 g/mol. The molecule has 1 aromatic carbocycles. The summed E-state index contributed by atoms with van der Waals surface area (Å²) >= 11 is 1.38. The number of ketones is 3. The molecule has 0 aromatic heterocycles. The van der Waals surface area contributed by atoms with Crippen LogP contribution in [0.1, 0.15) is 119 Å². The number of hydrogen-bond acceptors (Lipinski definition) is 12. The van der Waals surface area contributed by atoms with Gasteiger partial charge >= 0.3 is 6.09 Å². The van der Waals surface area contributed by atoms with Crippen LogP contribution in [0.15, 0.2) is 24.3 Å². The van der Waals surface area contributed by atoms with Gasteiger partial charge in [-0.3, -0.25) is 38.5 Å². The molecule has 1 saturated heterocycles. The second kappa shape index (κ2) is 27.2. The third kappa shape index (κ3) is 16.6. The molecule has 0 bridgehead atoms. The smallest absolute Gasteiger partial charge is 0.410 e. The summed E-state index contributed by atoms with van der Waals surface area (Å²) in [6.07, 6.45) is 3.81. The Hall–Kier alpha value is -4.31. The van der Waals surface area contributed by atoms with Crippen LogP contribution in [0.5, 0.6) is 0 Å². The number of thioether (sulfide) groups is 1. The van der Waals surface area contributed by atoms with Crippen molar-refractivity contribution in [1.82, 2.24) is 20.0 Å². The highest BCUT2D eigenvalue weighted by Crippen LogP contribution is 2.28. The monoisotopic (exact) mass is 916 g/mol. The van der Waals surface area contributed by atoms with E-state index in [2.05, 4.69) is 10.6 Å². The molecule has 64 heavy (non-hydrogen) atoms. The van der Waals surface area contributed by atoms with Crippen LogP contribution in [-0.2, 0) is 49.6 Å². The quantitative estimate of drug-likeness (QED) is 0.0653. The van der Waals surface area contributed by atoms with Gasteiger partial charge in [0.25, 0.3) is 0 Å². The summed E-state index contributed by atoms with van der Waals surface area (Å²) in [4.78, 5) is 108. The standard InChI is InChI=1S/C48H77N5O10S/c1-14-32(8)45(39(62-12)24-33(9)54)51(10)46(59)36(29(2)3)25-37(55)44(31(6)7)52(11)48(61)63-28-34-19-21-35(22-20-34)49-27-38(56)43(30(4)5)50-41(57)18-16-15-17-23-53-42(58)26-40(64-13)47(53)60/h19-22,29-32,36,39-40,43-45,49H,14-18,23-28H2,1-13H3,(H,50,57)/t32-,36-,39+,40?,43-,44-,45-/m0/s1. The average Bonchev–Trinajstić information content (AvgIpc) is 3.52. The first-order valence-electron chi connectivity index (χ1n) is 22.8. The average molecular weight is 916 g/mol. The number of anilines is 1. The van der Waals surface area contributed by atoms with Gasteiger partial charge in [0.1, 0.15) is 12.4 Å². The van der Waals surface area contributed by atoms with Gasteiger partial charge in [-0.15, -0.1) is 0 Å². The lowest BCUT2D eigenvalue weighted by atomic mass is 9.83. The van der Waals surface area contributed by atoms with Crippen LogP contribution in [-0.4, -0.2) is 132 Å². The maximum Gasteiger partial charge on any atom is 0.410 e. The third-order valence-electron chi connectivity index (χ3n) is 12.3. The summed E-state index contributed by atoms with van der Waals surface area (Å²) in [5.74, 6) is -2.42. The van der Waals surface area contributed by atoms with Gasteiger partial charge in [0.2, 0.25) is 23.6 Å². The molecule has 7 atom stereocenters. The molecule has 0 saturated carbocycles. The van der Waals surface area contributed by atoms with Crippen molar-refractivity contribution in [3.8, 4) is 0 Å². The first kappa shape index (κ1) is 55.8. The van der Waals surface area contributed by atoms with Crippen molar-refractivity contribution in [1.29, 1.82) is 0 Å². The summed E-state index contributed by atoms with van der Waals surface area (Å²) in [5, 5.41) is 5.68. The fourth-order valence-electron chi connectivity index (χ4n) is 8.30. The minimum atomic E-state index is -0.843. The highest BCUT2D eigenvalue weighted by molar-refractivity contribution is 8.00. The van der Waals surface area contributed by atoms with Gasteiger partial charge in [0, 0.05) is 65.0 Å². The van der Waals surface area contributed by atoms with Gasteiger partial charge in [0.15, 0.2) is 11.6 Å². The van der Waals surface area contributed by atoms with Crippen molar-refractivity contribution in [3.05, 3.63) is 29.8 Å². The van der Waals surface area contributed by atoms with E-state index in [1.165, 1.54) is 35.5 Å². The van der Waals surface area contributed by atoms with Crippen LogP contribution < -0.4 is 10.6 Å². The number of unbranched alkanes of at least 4 members (excludes halogenated alkanes) is 2. The largest absolute Gasteiger partial charge is 0.445 e. The van der Waals surface area contributed by atoms with E-state index >= 15 is 0 Å². The Labute approximate surface area is 386 Å². The third-order valence-corrected chi connectivity index (χ3v) is 13.2. The molecule has 2 N–H and O–H groups in total. The molecular formula is C48H77N5O10S. The summed E-state index contributed by atoms with van der Waals surface area (Å²) in [6.45, 7) is 17.0.